The first-order valence-corrected chi connectivity index (χ1v) is 9.01. The third-order valence-electron chi connectivity index (χ3n) is 7.03. The van der Waals surface area contributed by atoms with Gasteiger partial charge in [0, 0.05) is 13.0 Å². The molecule has 3 N–H and O–H groups in total. The molecule has 1 atom stereocenters. The molecule has 5 saturated carbocycles. The maximum Gasteiger partial charge on any atom is 0.221 e. The molecule has 5 fully saturated rings. The maximum atomic E-state index is 12.7. The molecule has 118 valence electrons. The third kappa shape index (κ3) is 2.52. The number of carbonyl (C=O) groups is 1. The van der Waals surface area contributed by atoms with Crippen molar-refractivity contribution in [1.29, 1.82) is 0 Å². The van der Waals surface area contributed by atoms with Gasteiger partial charge in [0.25, 0.3) is 0 Å². The van der Waals surface area contributed by atoms with Crippen LogP contribution in [0.1, 0.15) is 64.7 Å². The zero-order valence-corrected chi connectivity index (χ0v) is 13.4. The van der Waals surface area contributed by atoms with Crippen LogP contribution in [0.25, 0.3) is 0 Å². The van der Waals surface area contributed by atoms with E-state index in [0.717, 1.165) is 24.2 Å². The second-order valence-corrected chi connectivity index (χ2v) is 9.04. The molecule has 0 aliphatic heterocycles. The van der Waals surface area contributed by atoms with Crippen molar-refractivity contribution in [2.24, 2.45) is 34.8 Å². The molecular formula is C18H30N2O. The monoisotopic (exact) mass is 290 g/mol. The molecule has 0 spiro atoms. The Hall–Kier alpha value is -0.570. The van der Waals surface area contributed by atoms with Gasteiger partial charge in [-0.3, -0.25) is 4.79 Å². The van der Waals surface area contributed by atoms with Crippen molar-refractivity contribution in [2.75, 3.05) is 6.54 Å². The summed E-state index contributed by atoms with van der Waals surface area (Å²) in [5, 5.41) is 3.32. The van der Waals surface area contributed by atoms with Gasteiger partial charge in [-0.05, 0) is 87.4 Å². The summed E-state index contributed by atoms with van der Waals surface area (Å²) in [5.41, 5.74) is 6.13. The number of nitrogens with two attached hydrogens (primary N) is 1. The molecule has 3 nitrogen and oxygen atoms in total. The lowest BCUT2D eigenvalue weighted by Crippen LogP contribution is -2.55. The zero-order valence-electron chi connectivity index (χ0n) is 13.4. The van der Waals surface area contributed by atoms with E-state index in [9.17, 15) is 4.79 Å². The minimum Gasteiger partial charge on any atom is -0.349 e. The molecule has 5 aliphatic rings. The summed E-state index contributed by atoms with van der Waals surface area (Å²) in [6.45, 7) is 2.71. The summed E-state index contributed by atoms with van der Waals surface area (Å²) in [7, 11) is 0. The summed E-state index contributed by atoms with van der Waals surface area (Å²) >= 11 is 0. The number of nitrogens with one attached hydrogen (secondary N) is 1. The number of amides is 1. The predicted molar refractivity (Wildman–Crippen MR) is 83.5 cm³/mol. The Labute approximate surface area is 128 Å². The maximum absolute atomic E-state index is 12.7. The van der Waals surface area contributed by atoms with Crippen molar-refractivity contribution in [2.45, 2.75) is 70.3 Å². The Morgan fingerprint density at radius 2 is 1.67 bits per heavy atom. The minimum absolute atomic E-state index is 0.153. The van der Waals surface area contributed by atoms with Crippen molar-refractivity contribution in [3.63, 3.8) is 0 Å². The van der Waals surface area contributed by atoms with Gasteiger partial charge in [-0.2, -0.15) is 0 Å². The van der Waals surface area contributed by atoms with E-state index in [2.05, 4.69) is 12.2 Å². The van der Waals surface area contributed by atoms with Crippen molar-refractivity contribution in [1.82, 2.24) is 5.32 Å². The van der Waals surface area contributed by atoms with Crippen LogP contribution >= 0.6 is 0 Å². The molecule has 0 saturated heterocycles. The second-order valence-electron chi connectivity index (χ2n) is 9.04. The van der Waals surface area contributed by atoms with Gasteiger partial charge in [0.15, 0.2) is 0 Å². The molecular weight excluding hydrogens is 260 g/mol. The Morgan fingerprint density at radius 1 is 1.14 bits per heavy atom. The van der Waals surface area contributed by atoms with Crippen LogP contribution in [0.4, 0.5) is 0 Å². The Bertz CT molecular complexity index is 407. The number of hydrogen-bond acceptors (Lipinski definition) is 2. The van der Waals surface area contributed by atoms with Gasteiger partial charge in [0.05, 0.1) is 5.54 Å². The van der Waals surface area contributed by atoms with Gasteiger partial charge < -0.3 is 11.1 Å². The normalized spacial score (nSPS) is 43.6. The quantitative estimate of drug-likeness (QED) is 0.818. The molecule has 0 radical (unpaired) electrons. The lowest BCUT2D eigenvalue weighted by Gasteiger charge is -2.56. The fraction of sp³-hybridized carbons (Fsp3) is 0.944. The van der Waals surface area contributed by atoms with Gasteiger partial charge in [0.2, 0.25) is 5.91 Å². The van der Waals surface area contributed by atoms with Gasteiger partial charge in [-0.1, -0.05) is 0 Å². The van der Waals surface area contributed by atoms with Crippen molar-refractivity contribution in [3.8, 4) is 0 Å². The molecule has 4 bridgehead atoms. The van der Waals surface area contributed by atoms with Crippen molar-refractivity contribution < 1.29 is 4.79 Å². The molecule has 3 heteroatoms. The van der Waals surface area contributed by atoms with Gasteiger partial charge in [0.1, 0.15) is 0 Å². The zero-order chi connectivity index (χ0) is 14.7. The smallest absolute Gasteiger partial charge is 0.221 e. The van der Waals surface area contributed by atoms with E-state index in [1.54, 1.807) is 0 Å². The van der Waals surface area contributed by atoms with Gasteiger partial charge in [-0.25, -0.2) is 0 Å². The Balaban J connectivity index is 1.42. The van der Waals surface area contributed by atoms with E-state index in [1.807, 2.05) is 0 Å². The molecule has 0 aromatic heterocycles. The lowest BCUT2D eigenvalue weighted by atomic mass is 9.49. The molecule has 1 unspecified atom stereocenters. The SMILES string of the molecule is CC(CN)(NC(=O)CC12CC3CC(CC(C3)C1)C2)C1CC1. The highest BCUT2D eigenvalue weighted by molar-refractivity contribution is 5.77. The highest BCUT2D eigenvalue weighted by Crippen LogP contribution is 2.61. The van der Waals surface area contributed by atoms with Gasteiger partial charge >= 0.3 is 0 Å². The first kappa shape index (κ1) is 14.0. The van der Waals surface area contributed by atoms with Crippen LogP contribution in [0.2, 0.25) is 0 Å². The Kier molecular flexibility index (Phi) is 3.15. The standard InChI is InChI=1S/C18H30N2O/c1-17(11-19,15-2-3-15)20-16(21)10-18-7-12-4-13(8-18)6-14(5-12)9-18/h12-15H,2-11,19H2,1H3,(H,20,21). The van der Waals surface area contributed by atoms with Crippen LogP contribution in [0, 0.1) is 29.1 Å². The summed E-state index contributed by atoms with van der Waals surface area (Å²) in [4.78, 5) is 12.7. The number of carbonyl (C=O) groups excluding carboxylic acids is 1. The van der Waals surface area contributed by atoms with Crippen LogP contribution in [0.3, 0.4) is 0 Å². The number of rotatable bonds is 5. The predicted octanol–water partition coefficient (Wildman–Crippen LogP) is 2.84. The molecule has 1 amide bonds. The average molecular weight is 290 g/mol. The molecule has 21 heavy (non-hydrogen) atoms. The van der Waals surface area contributed by atoms with Crippen LogP contribution in [0.15, 0.2) is 0 Å². The molecule has 5 aliphatic carbocycles. The van der Waals surface area contributed by atoms with Crippen LogP contribution < -0.4 is 11.1 Å². The van der Waals surface area contributed by atoms with Crippen molar-refractivity contribution >= 4 is 5.91 Å². The highest BCUT2D eigenvalue weighted by Gasteiger charge is 2.52. The average Bonchev–Trinajstić information content (AvgIpc) is 3.20. The molecule has 0 aromatic carbocycles. The molecule has 5 rings (SSSR count). The lowest BCUT2D eigenvalue weighted by molar-refractivity contribution is -0.131. The topological polar surface area (TPSA) is 55.1 Å². The summed E-state index contributed by atoms with van der Waals surface area (Å²) in [6.07, 6.45) is 11.5. The summed E-state index contributed by atoms with van der Waals surface area (Å²) in [6, 6.07) is 0. The van der Waals surface area contributed by atoms with Crippen molar-refractivity contribution in [3.05, 3.63) is 0 Å². The molecule has 0 heterocycles. The summed E-state index contributed by atoms with van der Waals surface area (Å²) in [5.74, 6) is 3.66. The fourth-order valence-electron chi connectivity index (χ4n) is 6.25. The third-order valence-corrected chi connectivity index (χ3v) is 7.03. The van der Waals surface area contributed by atoms with Crippen LogP contribution in [0.5, 0.6) is 0 Å². The Morgan fingerprint density at radius 3 is 2.10 bits per heavy atom. The minimum atomic E-state index is -0.153. The molecule has 0 aromatic rings. The van der Waals surface area contributed by atoms with E-state index in [4.69, 9.17) is 5.73 Å². The largest absolute Gasteiger partial charge is 0.349 e. The fourth-order valence-corrected chi connectivity index (χ4v) is 6.25. The first-order valence-electron chi connectivity index (χ1n) is 9.01. The van der Waals surface area contributed by atoms with E-state index < -0.39 is 0 Å². The highest BCUT2D eigenvalue weighted by atomic mass is 16.1. The van der Waals surface area contributed by atoms with E-state index in [0.29, 0.717) is 17.9 Å². The summed E-state index contributed by atoms with van der Waals surface area (Å²) < 4.78 is 0. The van der Waals surface area contributed by atoms with Crippen LogP contribution in [-0.2, 0) is 4.79 Å². The second kappa shape index (κ2) is 4.71. The van der Waals surface area contributed by atoms with Gasteiger partial charge in [-0.15, -0.1) is 0 Å². The van der Waals surface area contributed by atoms with E-state index >= 15 is 0 Å². The number of hydrogen-bond donors (Lipinski definition) is 2. The van der Waals surface area contributed by atoms with E-state index in [1.165, 1.54) is 51.4 Å². The first-order chi connectivity index (χ1) is 10.0. The van der Waals surface area contributed by atoms with Crippen LogP contribution in [-0.4, -0.2) is 18.0 Å². The van der Waals surface area contributed by atoms with E-state index in [-0.39, 0.29) is 11.4 Å².